The smallest absolute Gasteiger partial charge is 0.303 e. The summed E-state index contributed by atoms with van der Waals surface area (Å²) < 4.78 is 9.99. The van der Waals surface area contributed by atoms with Crippen molar-refractivity contribution in [3.05, 3.63) is 24.3 Å². The van der Waals surface area contributed by atoms with E-state index in [1.807, 2.05) is 6.08 Å². The van der Waals surface area contributed by atoms with Crippen molar-refractivity contribution >= 4 is 11.9 Å². The van der Waals surface area contributed by atoms with Crippen LogP contribution in [-0.4, -0.2) is 37.2 Å². The number of ether oxygens (including phenoxy) is 2. The average molecular weight is 395 g/mol. The van der Waals surface area contributed by atoms with E-state index in [-0.39, 0.29) is 43.6 Å². The third-order valence-corrected chi connectivity index (χ3v) is 5.33. The SMILES string of the molecule is C=CC(COC(C)=O)[C@@H]1C(C(C#N)(C#N)CC#CCOC(C)=O)=C[C@H]2CC[C@@H]1N2. The van der Waals surface area contributed by atoms with Gasteiger partial charge >= 0.3 is 11.9 Å². The molecule has 7 heteroatoms. The summed E-state index contributed by atoms with van der Waals surface area (Å²) in [4.78, 5) is 22.1. The van der Waals surface area contributed by atoms with E-state index in [0.29, 0.717) is 5.57 Å². The summed E-state index contributed by atoms with van der Waals surface area (Å²) in [7, 11) is 0. The van der Waals surface area contributed by atoms with Crippen LogP contribution in [0.4, 0.5) is 0 Å². The average Bonchev–Trinajstić information content (AvgIpc) is 3.07. The Bertz CT molecular complexity index is 823. The quantitative estimate of drug-likeness (QED) is 0.399. The second-order valence-electron chi connectivity index (χ2n) is 7.25. The molecule has 0 aliphatic carbocycles. The van der Waals surface area contributed by atoms with E-state index < -0.39 is 17.4 Å². The van der Waals surface area contributed by atoms with E-state index in [1.165, 1.54) is 13.8 Å². The van der Waals surface area contributed by atoms with Gasteiger partial charge in [-0.1, -0.05) is 24.0 Å². The summed E-state index contributed by atoms with van der Waals surface area (Å²) in [5.41, 5.74) is -0.735. The minimum atomic E-state index is -1.44. The molecule has 0 aromatic heterocycles. The van der Waals surface area contributed by atoms with Gasteiger partial charge in [0.05, 0.1) is 18.7 Å². The number of carbonyl (C=O) groups excluding carboxylic acids is 2. The molecule has 152 valence electrons. The fraction of sp³-hybridized carbons (Fsp3) is 0.545. The number of nitriles is 2. The lowest BCUT2D eigenvalue weighted by atomic mass is 9.67. The molecule has 1 unspecified atom stereocenters. The van der Waals surface area contributed by atoms with Gasteiger partial charge < -0.3 is 14.8 Å². The van der Waals surface area contributed by atoms with E-state index in [4.69, 9.17) is 9.47 Å². The molecular weight excluding hydrogens is 370 g/mol. The van der Waals surface area contributed by atoms with Crippen molar-refractivity contribution in [3.8, 4) is 24.0 Å². The molecule has 2 aliphatic heterocycles. The van der Waals surface area contributed by atoms with Crippen LogP contribution in [0.5, 0.6) is 0 Å². The highest BCUT2D eigenvalue weighted by Crippen LogP contribution is 2.46. The number of hydrogen-bond acceptors (Lipinski definition) is 7. The number of hydrogen-bond donors (Lipinski definition) is 1. The predicted octanol–water partition coefficient (Wildman–Crippen LogP) is 2.02. The van der Waals surface area contributed by atoms with Crippen molar-refractivity contribution in [2.45, 2.75) is 45.2 Å². The van der Waals surface area contributed by atoms with Gasteiger partial charge in [0, 0.05) is 44.2 Å². The van der Waals surface area contributed by atoms with Crippen LogP contribution in [0.1, 0.15) is 33.1 Å². The first-order chi connectivity index (χ1) is 13.9. The first-order valence-electron chi connectivity index (χ1n) is 9.52. The minimum Gasteiger partial charge on any atom is -0.465 e. The zero-order chi connectivity index (χ0) is 21.4. The van der Waals surface area contributed by atoms with Crippen LogP contribution in [0.25, 0.3) is 0 Å². The molecule has 1 fully saturated rings. The third kappa shape index (κ3) is 5.25. The summed E-state index contributed by atoms with van der Waals surface area (Å²) in [5.74, 6) is 4.22. The zero-order valence-corrected chi connectivity index (χ0v) is 16.7. The summed E-state index contributed by atoms with van der Waals surface area (Å²) in [5, 5.41) is 23.4. The Morgan fingerprint density at radius 3 is 2.55 bits per heavy atom. The Morgan fingerprint density at radius 2 is 1.97 bits per heavy atom. The van der Waals surface area contributed by atoms with Gasteiger partial charge in [0.1, 0.15) is 0 Å². The zero-order valence-electron chi connectivity index (χ0n) is 16.7. The molecule has 0 aromatic carbocycles. The number of nitrogens with one attached hydrogen (secondary N) is 1. The van der Waals surface area contributed by atoms with Gasteiger partial charge in [-0.25, -0.2) is 0 Å². The molecular formula is C22H25N3O4. The number of fused-ring (bicyclic) bond motifs is 2. The highest BCUT2D eigenvalue weighted by molar-refractivity contribution is 5.66. The van der Waals surface area contributed by atoms with Gasteiger partial charge in [0.2, 0.25) is 0 Å². The summed E-state index contributed by atoms with van der Waals surface area (Å²) in [6, 6.07) is 4.50. The number of nitrogens with zero attached hydrogens (tertiary/aromatic N) is 2. The van der Waals surface area contributed by atoms with Crippen molar-refractivity contribution in [2.24, 2.45) is 17.3 Å². The molecule has 2 rings (SSSR count). The van der Waals surface area contributed by atoms with Crippen molar-refractivity contribution < 1.29 is 19.1 Å². The molecule has 0 aromatic rings. The van der Waals surface area contributed by atoms with Crippen molar-refractivity contribution in [1.29, 1.82) is 10.5 Å². The van der Waals surface area contributed by atoms with Crippen molar-refractivity contribution in [3.63, 3.8) is 0 Å². The van der Waals surface area contributed by atoms with Gasteiger partial charge in [-0.15, -0.1) is 6.58 Å². The second kappa shape index (κ2) is 9.92. The second-order valence-corrected chi connectivity index (χ2v) is 7.25. The van der Waals surface area contributed by atoms with Crippen LogP contribution < -0.4 is 5.32 Å². The summed E-state index contributed by atoms with van der Waals surface area (Å²) in [6.07, 6.45) is 5.48. The molecule has 0 saturated carbocycles. The molecule has 0 spiro atoms. The van der Waals surface area contributed by atoms with Gasteiger partial charge in [0.25, 0.3) is 0 Å². The van der Waals surface area contributed by atoms with Crippen LogP contribution >= 0.6 is 0 Å². The normalized spacial score (nSPS) is 23.3. The third-order valence-electron chi connectivity index (χ3n) is 5.33. The van der Waals surface area contributed by atoms with Gasteiger partial charge in [-0.05, 0) is 18.4 Å². The van der Waals surface area contributed by atoms with E-state index in [1.54, 1.807) is 6.08 Å². The Balaban J connectivity index is 2.34. The molecule has 29 heavy (non-hydrogen) atoms. The predicted molar refractivity (Wildman–Crippen MR) is 105 cm³/mol. The lowest BCUT2D eigenvalue weighted by Gasteiger charge is -2.39. The van der Waals surface area contributed by atoms with Crippen LogP contribution in [0.3, 0.4) is 0 Å². The molecule has 7 nitrogen and oxygen atoms in total. The maximum absolute atomic E-state index is 11.3. The number of rotatable bonds is 7. The topological polar surface area (TPSA) is 112 Å². The highest BCUT2D eigenvalue weighted by Gasteiger charge is 2.48. The maximum atomic E-state index is 11.3. The van der Waals surface area contributed by atoms with Crippen molar-refractivity contribution in [2.75, 3.05) is 13.2 Å². The van der Waals surface area contributed by atoms with E-state index in [9.17, 15) is 20.1 Å². The Morgan fingerprint density at radius 1 is 1.28 bits per heavy atom. The largest absolute Gasteiger partial charge is 0.465 e. The molecule has 1 saturated heterocycles. The Kier molecular flexibility index (Phi) is 7.59. The Labute approximate surface area is 171 Å². The number of esters is 2. The first kappa shape index (κ1) is 22.2. The maximum Gasteiger partial charge on any atom is 0.303 e. The highest BCUT2D eigenvalue weighted by atomic mass is 16.5. The first-order valence-corrected chi connectivity index (χ1v) is 9.52. The van der Waals surface area contributed by atoms with Crippen LogP contribution in [-0.2, 0) is 19.1 Å². The monoisotopic (exact) mass is 395 g/mol. The van der Waals surface area contributed by atoms with E-state index >= 15 is 0 Å². The standard InChI is InChI=1S/C22H25N3O4/c1-4-17(12-29-16(3)27)21-19(11-18-7-8-20(21)25-18)22(13-23,14-24)9-5-6-10-28-15(2)26/h4,11,17-18,20-21,25H,1,7-10,12H2,2-3H3/t17?,18-,20+,21-/m1/s1. The molecule has 0 radical (unpaired) electrons. The molecule has 0 amide bonds. The molecule has 2 bridgehead atoms. The molecule has 2 heterocycles. The Hall–Kier alpha value is -3.08. The fourth-order valence-electron chi connectivity index (χ4n) is 3.97. The van der Waals surface area contributed by atoms with E-state index in [2.05, 4.69) is 35.9 Å². The molecule has 4 atom stereocenters. The van der Waals surface area contributed by atoms with Gasteiger partial charge in [-0.3, -0.25) is 9.59 Å². The van der Waals surface area contributed by atoms with Crippen LogP contribution in [0.15, 0.2) is 24.3 Å². The van der Waals surface area contributed by atoms with Gasteiger partial charge in [0.15, 0.2) is 12.0 Å². The molecule has 2 aliphatic rings. The van der Waals surface area contributed by atoms with Gasteiger partial charge in [-0.2, -0.15) is 10.5 Å². The summed E-state index contributed by atoms with van der Waals surface area (Å²) >= 11 is 0. The molecule has 1 N–H and O–H groups in total. The van der Waals surface area contributed by atoms with Crippen LogP contribution in [0, 0.1) is 51.8 Å². The van der Waals surface area contributed by atoms with E-state index in [0.717, 1.165) is 12.8 Å². The lowest BCUT2D eigenvalue weighted by molar-refractivity contribution is -0.142. The fourth-order valence-corrected chi connectivity index (χ4v) is 3.97. The lowest BCUT2D eigenvalue weighted by Crippen LogP contribution is -2.47. The minimum absolute atomic E-state index is 0.000463. The number of carbonyl (C=O) groups is 2. The van der Waals surface area contributed by atoms with Crippen LogP contribution in [0.2, 0.25) is 0 Å². The van der Waals surface area contributed by atoms with Crippen molar-refractivity contribution in [1.82, 2.24) is 5.32 Å². The summed E-state index contributed by atoms with van der Waals surface area (Å²) in [6.45, 7) is 6.56.